The van der Waals surface area contributed by atoms with E-state index in [0.29, 0.717) is 22.4 Å². The number of alkyl halides is 3. The van der Waals surface area contributed by atoms with Crippen LogP contribution in [0.2, 0.25) is 0 Å². The second-order valence-corrected chi connectivity index (χ2v) is 17.0. The van der Waals surface area contributed by atoms with E-state index in [1.165, 1.54) is 12.1 Å². The van der Waals surface area contributed by atoms with E-state index < -0.39 is 11.7 Å². The molecule has 0 aliphatic rings. The number of nitrogens with zero attached hydrogens (tertiary/aromatic N) is 6. The van der Waals surface area contributed by atoms with Crippen molar-refractivity contribution in [3.05, 3.63) is 235 Å². The predicted octanol–water partition coefficient (Wildman–Crippen LogP) is 16.4. The van der Waals surface area contributed by atoms with Crippen molar-refractivity contribution in [3.63, 3.8) is 0 Å². The van der Waals surface area contributed by atoms with Gasteiger partial charge in [-0.15, -0.1) is 0 Å². The Morgan fingerprint density at radius 2 is 0.857 bits per heavy atom. The van der Waals surface area contributed by atoms with Crippen molar-refractivity contribution < 1.29 is 13.2 Å². The smallest absolute Gasteiger partial charge is 0.308 e. The minimum Gasteiger partial charge on any atom is -0.308 e. The van der Waals surface area contributed by atoms with Gasteiger partial charge in [-0.2, -0.15) is 18.4 Å². The molecule has 0 saturated carbocycles. The molecule has 0 atom stereocenters. The fourth-order valence-corrected chi connectivity index (χ4v) is 9.91. The molecule has 70 heavy (non-hydrogen) atoms. The molecule has 0 N–H and O–H groups in total. The number of hydrogen-bond acceptors (Lipinski definition) is 3. The third-order valence-electron chi connectivity index (χ3n) is 13.0. The molecule has 0 aliphatic heterocycles. The quantitative estimate of drug-likeness (QED) is 0.150. The average molecular weight is 909 g/mol. The first-order chi connectivity index (χ1) is 34.3. The minimum atomic E-state index is -4.81. The molecule has 6 nitrogen and oxygen atoms in total. The Bertz CT molecular complexity index is 3920. The van der Waals surface area contributed by atoms with E-state index in [1.54, 1.807) is 12.1 Å². The van der Waals surface area contributed by atoms with E-state index in [1.807, 2.05) is 191 Å². The van der Waals surface area contributed by atoms with Gasteiger partial charge in [0, 0.05) is 43.8 Å². The molecule has 0 fully saturated rings. The van der Waals surface area contributed by atoms with Crippen LogP contribution in [-0.2, 0) is 6.18 Å². The van der Waals surface area contributed by atoms with Gasteiger partial charge in [0.05, 0.1) is 68.4 Å². The van der Waals surface area contributed by atoms with Gasteiger partial charge >= 0.3 is 6.18 Å². The Hall–Kier alpha value is -9.57. The zero-order valence-corrected chi connectivity index (χ0v) is 37.0. The standard InChI is InChI=1S/C61H35F3N6/c1-66-53-26-12-21-48(61(62,63)64)60(53)42-35-58(69-54-27-10-8-19-43(54)45-31-29-40(33-56(45)69)51-24-13-22-49(67-51)38-15-4-2-5-16-38)47(37-65)59(36-42)70-55-28-11-9-20-44(55)46-32-30-41(34-57(46)70)52-25-14-23-50(68-52)39-17-6-3-7-18-39/h2-36H. The first kappa shape index (κ1) is 41.8. The number of pyridine rings is 2. The first-order valence-electron chi connectivity index (χ1n) is 22.6. The van der Waals surface area contributed by atoms with E-state index in [-0.39, 0.29) is 22.4 Å². The molecule has 0 amide bonds. The summed E-state index contributed by atoms with van der Waals surface area (Å²) in [6.07, 6.45) is -4.81. The summed E-state index contributed by atoms with van der Waals surface area (Å²) in [6.45, 7) is 8.16. The van der Waals surface area contributed by atoms with E-state index >= 15 is 13.2 Å². The molecule has 0 radical (unpaired) electrons. The van der Waals surface area contributed by atoms with Gasteiger partial charge in [0.2, 0.25) is 0 Å². The van der Waals surface area contributed by atoms with Crippen LogP contribution in [0.5, 0.6) is 0 Å². The van der Waals surface area contributed by atoms with Crippen molar-refractivity contribution in [1.82, 2.24) is 19.1 Å². The monoisotopic (exact) mass is 908 g/mol. The maximum Gasteiger partial charge on any atom is 0.415 e. The summed E-state index contributed by atoms with van der Waals surface area (Å²) in [5, 5.41) is 15.2. The minimum absolute atomic E-state index is 0.126. The maximum absolute atomic E-state index is 15.3. The lowest BCUT2D eigenvalue weighted by molar-refractivity contribution is -0.137. The highest BCUT2D eigenvalue weighted by atomic mass is 19.4. The van der Waals surface area contributed by atoms with Gasteiger partial charge in [-0.3, -0.25) is 0 Å². The van der Waals surface area contributed by atoms with E-state index in [9.17, 15) is 5.26 Å². The Labute approximate surface area is 399 Å². The van der Waals surface area contributed by atoms with Crippen molar-refractivity contribution >= 4 is 49.3 Å². The summed E-state index contributed by atoms with van der Waals surface area (Å²) in [7, 11) is 0. The summed E-state index contributed by atoms with van der Waals surface area (Å²) >= 11 is 0. The van der Waals surface area contributed by atoms with Crippen molar-refractivity contribution in [2.24, 2.45) is 0 Å². The SMILES string of the molecule is [C-]#[N+]c1cccc(C(F)(F)F)c1-c1cc(-n2c3ccccc3c3ccc(-c4cccc(-c5ccccc5)n4)cc32)c(C#N)c(-n2c3ccccc3c3ccc(-c4cccc(-c5ccccc5)n4)cc32)c1. The largest absolute Gasteiger partial charge is 0.415 e. The molecule has 0 unspecified atom stereocenters. The van der Waals surface area contributed by atoms with Crippen molar-refractivity contribution in [2.75, 3.05) is 0 Å². The van der Waals surface area contributed by atoms with Crippen molar-refractivity contribution in [3.8, 4) is 73.6 Å². The van der Waals surface area contributed by atoms with Gasteiger partial charge in [0.15, 0.2) is 5.69 Å². The fraction of sp³-hybridized carbons (Fsp3) is 0.0164. The molecule has 12 rings (SSSR count). The molecule has 8 aromatic carbocycles. The first-order valence-corrected chi connectivity index (χ1v) is 22.6. The van der Waals surface area contributed by atoms with Crippen LogP contribution in [0.15, 0.2) is 212 Å². The number of aromatic nitrogens is 4. The number of benzene rings is 8. The molecule has 0 bridgehead atoms. The van der Waals surface area contributed by atoms with Crippen LogP contribution in [0.4, 0.5) is 18.9 Å². The van der Waals surface area contributed by atoms with Crippen molar-refractivity contribution in [1.29, 1.82) is 5.26 Å². The molecule has 4 aromatic heterocycles. The molecule has 9 heteroatoms. The lowest BCUT2D eigenvalue weighted by Gasteiger charge is -2.21. The summed E-state index contributed by atoms with van der Waals surface area (Å²) < 4.78 is 49.8. The number of halogens is 3. The number of rotatable bonds is 7. The summed E-state index contributed by atoms with van der Waals surface area (Å²) in [5.41, 5.74) is 9.14. The lowest BCUT2D eigenvalue weighted by Crippen LogP contribution is -2.09. The van der Waals surface area contributed by atoms with Gasteiger partial charge in [0.25, 0.3) is 0 Å². The molecule has 330 valence electrons. The lowest BCUT2D eigenvalue weighted by atomic mass is 9.94. The molecule has 4 heterocycles. The van der Waals surface area contributed by atoms with Crippen LogP contribution in [0.25, 0.3) is 116 Å². The highest BCUT2D eigenvalue weighted by Crippen LogP contribution is 2.47. The zero-order chi connectivity index (χ0) is 47.5. The normalized spacial score (nSPS) is 11.6. The van der Waals surface area contributed by atoms with Gasteiger partial charge in [-0.05, 0) is 71.8 Å². The highest BCUT2D eigenvalue weighted by molar-refractivity contribution is 6.12. The van der Waals surface area contributed by atoms with Gasteiger partial charge in [-0.25, -0.2) is 14.8 Å². The van der Waals surface area contributed by atoms with Crippen LogP contribution in [0.3, 0.4) is 0 Å². The number of para-hydroxylation sites is 2. The number of fused-ring (bicyclic) bond motifs is 6. The summed E-state index contributed by atoms with van der Waals surface area (Å²) in [5.74, 6) is 0. The Kier molecular flexibility index (Phi) is 9.94. The van der Waals surface area contributed by atoms with Crippen LogP contribution in [0.1, 0.15) is 11.1 Å². The zero-order valence-electron chi connectivity index (χ0n) is 37.0. The van der Waals surface area contributed by atoms with Crippen LogP contribution in [0, 0.1) is 17.9 Å². The molecule has 12 aromatic rings. The topological polar surface area (TPSA) is 63.8 Å². The second-order valence-electron chi connectivity index (χ2n) is 17.0. The van der Waals surface area contributed by atoms with Gasteiger partial charge < -0.3 is 9.13 Å². The third-order valence-corrected chi connectivity index (χ3v) is 13.0. The fourth-order valence-electron chi connectivity index (χ4n) is 9.91. The van der Waals surface area contributed by atoms with Gasteiger partial charge in [-0.1, -0.05) is 152 Å². The Balaban J connectivity index is 1.17. The third kappa shape index (κ3) is 6.96. The second kappa shape index (κ2) is 16.6. The van der Waals surface area contributed by atoms with E-state index in [4.69, 9.17) is 16.5 Å². The van der Waals surface area contributed by atoms with Crippen LogP contribution < -0.4 is 0 Å². The molecule has 0 saturated heterocycles. The summed E-state index contributed by atoms with van der Waals surface area (Å²) in [6, 6.07) is 68.8. The Morgan fingerprint density at radius 1 is 0.429 bits per heavy atom. The van der Waals surface area contributed by atoms with Crippen molar-refractivity contribution in [2.45, 2.75) is 6.18 Å². The number of hydrogen-bond donors (Lipinski definition) is 0. The van der Waals surface area contributed by atoms with Crippen LogP contribution >= 0.6 is 0 Å². The van der Waals surface area contributed by atoms with Gasteiger partial charge in [0.1, 0.15) is 11.6 Å². The van der Waals surface area contributed by atoms with E-state index in [2.05, 4.69) is 10.9 Å². The Morgan fingerprint density at radius 3 is 1.31 bits per heavy atom. The van der Waals surface area contributed by atoms with E-state index in [0.717, 1.165) is 83.7 Å². The molecular formula is C61H35F3N6. The number of nitriles is 1. The molecular weight excluding hydrogens is 874 g/mol. The molecule has 0 spiro atoms. The summed E-state index contributed by atoms with van der Waals surface area (Å²) in [4.78, 5) is 13.8. The predicted molar refractivity (Wildman–Crippen MR) is 274 cm³/mol. The highest BCUT2D eigenvalue weighted by Gasteiger charge is 2.35. The average Bonchev–Trinajstić information content (AvgIpc) is 3.92. The van der Waals surface area contributed by atoms with Crippen LogP contribution in [-0.4, -0.2) is 19.1 Å². The maximum atomic E-state index is 15.3. The molecule has 0 aliphatic carbocycles.